The Morgan fingerprint density at radius 1 is 1.14 bits per heavy atom. The third kappa shape index (κ3) is 5.06. The number of thiocarbonyl (C=S) groups is 1. The molecular formula is C27H23ClFN5O2S. The molecule has 0 unspecified atom stereocenters. The van der Waals surface area contributed by atoms with Crippen molar-refractivity contribution in [1.82, 2.24) is 14.9 Å². The summed E-state index contributed by atoms with van der Waals surface area (Å²) in [7, 11) is 1.45. The highest BCUT2D eigenvalue weighted by atomic mass is 35.5. The maximum atomic E-state index is 13.6. The number of carbonyl (C=O) groups is 1. The van der Waals surface area contributed by atoms with Gasteiger partial charge in [0.1, 0.15) is 18.5 Å². The van der Waals surface area contributed by atoms with E-state index in [-0.39, 0.29) is 30.4 Å². The molecule has 2 atom stereocenters. The van der Waals surface area contributed by atoms with Gasteiger partial charge < -0.3 is 24.8 Å². The van der Waals surface area contributed by atoms with Crippen LogP contribution in [0.1, 0.15) is 23.5 Å². The van der Waals surface area contributed by atoms with E-state index in [4.69, 9.17) is 28.6 Å². The molecule has 5 rings (SSSR count). The van der Waals surface area contributed by atoms with Crippen molar-refractivity contribution in [2.75, 3.05) is 23.9 Å². The molecule has 1 aliphatic rings. The lowest BCUT2D eigenvalue weighted by molar-refractivity contribution is -0.119. The standard InChI is InChI=1S/C27H23ClFN5O2S/c1-36-16-24(35)31-21-12-11-19(15-20(21)28)34-26(25(32-27(34)37)22-5-2-3-13-30-22)23-6-4-14-33(23)18-9-7-17(29)8-10-18/h2-15,25-26H,16H2,1H3,(H,31,35)(H,32,37)/t25-,26+/m1/s1. The van der Waals surface area contributed by atoms with E-state index >= 15 is 0 Å². The summed E-state index contributed by atoms with van der Waals surface area (Å²) in [6.45, 7) is -0.0770. The average Bonchev–Trinajstić information content (AvgIpc) is 3.51. The Morgan fingerprint density at radius 3 is 2.62 bits per heavy atom. The molecule has 1 amide bonds. The van der Waals surface area contributed by atoms with Gasteiger partial charge in [0.2, 0.25) is 5.91 Å². The number of hydrogen-bond acceptors (Lipinski definition) is 4. The number of nitrogens with zero attached hydrogens (tertiary/aromatic N) is 3. The number of rotatable bonds is 7. The minimum absolute atomic E-state index is 0.0770. The summed E-state index contributed by atoms with van der Waals surface area (Å²) in [6, 6.07) is 20.8. The van der Waals surface area contributed by atoms with Crippen LogP contribution in [0.3, 0.4) is 0 Å². The van der Waals surface area contributed by atoms with Crippen molar-refractivity contribution in [1.29, 1.82) is 0 Å². The lowest BCUT2D eigenvalue weighted by atomic mass is 10.0. The molecule has 1 saturated heterocycles. The van der Waals surface area contributed by atoms with Gasteiger partial charge in [0.25, 0.3) is 0 Å². The fourth-order valence-electron chi connectivity index (χ4n) is 4.48. The van der Waals surface area contributed by atoms with Gasteiger partial charge in [0, 0.05) is 36.6 Å². The Bertz CT molecular complexity index is 1430. The Morgan fingerprint density at radius 2 is 1.92 bits per heavy atom. The highest BCUT2D eigenvalue weighted by molar-refractivity contribution is 7.80. The molecule has 7 nitrogen and oxygen atoms in total. The lowest BCUT2D eigenvalue weighted by Gasteiger charge is -2.29. The Labute approximate surface area is 223 Å². The van der Waals surface area contributed by atoms with E-state index < -0.39 is 0 Å². The van der Waals surface area contributed by atoms with Gasteiger partial charge in [-0.05, 0) is 78.9 Å². The summed E-state index contributed by atoms with van der Waals surface area (Å²) in [6.07, 6.45) is 3.67. The molecular weight excluding hydrogens is 513 g/mol. The third-order valence-electron chi connectivity index (χ3n) is 6.07. The number of aromatic nitrogens is 2. The number of pyridine rings is 1. The Kier molecular flexibility index (Phi) is 7.18. The molecule has 1 fully saturated rings. The highest BCUT2D eigenvalue weighted by Crippen LogP contribution is 2.43. The first-order valence-electron chi connectivity index (χ1n) is 11.5. The molecule has 0 aliphatic carbocycles. The number of carbonyl (C=O) groups excluding carboxylic acids is 1. The number of nitrogens with one attached hydrogen (secondary N) is 2. The van der Waals surface area contributed by atoms with Crippen LogP contribution in [0, 0.1) is 5.82 Å². The molecule has 0 radical (unpaired) electrons. The molecule has 0 bridgehead atoms. The molecule has 37 heavy (non-hydrogen) atoms. The number of halogens is 2. The first-order valence-corrected chi connectivity index (χ1v) is 12.3. The predicted octanol–water partition coefficient (Wildman–Crippen LogP) is 5.43. The van der Waals surface area contributed by atoms with E-state index in [0.29, 0.717) is 15.8 Å². The van der Waals surface area contributed by atoms with Gasteiger partial charge in [-0.25, -0.2) is 4.39 Å². The van der Waals surface area contributed by atoms with Crippen LogP contribution in [-0.4, -0.2) is 34.3 Å². The van der Waals surface area contributed by atoms with Crippen LogP contribution in [0.2, 0.25) is 5.02 Å². The van der Waals surface area contributed by atoms with E-state index in [2.05, 4.69) is 15.6 Å². The summed E-state index contributed by atoms with van der Waals surface area (Å²) in [5.74, 6) is -0.609. The van der Waals surface area contributed by atoms with E-state index in [0.717, 1.165) is 22.8 Å². The molecule has 2 N–H and O–H groups in total. The maximum Gasteiger partial charge on any atom is 0.250 e. The molecule has 3 heterocycles. The normalized spacial score (nSPS) is 17.1. The topological polar surface area (TPSA) is 71.4 Å². The number of benzene rings is 2. The zero-order valence-electron chi connectivity index (χ0n) is 19.8. The summed E-state index contributed by atoms with van der Waals surface area (Å²) in [4.78, 5) is 18.6. The van der Waals surface area contributed by atoms with Crippen LogP contribution < -0.4 is 15.5 Å². The van der Waals surface area contributed by atoms with Gasteiger partial charge in [0.15, 0.2) is 5.11 Å². The van der Waals surface area contributed by atoms with Crippen LogP contribution in [0.15, 0.2) is 85.2 Å². The van der Waals surface area contributed by atoms with Crippen LogP contribution in [0.5, 0.6) is 0 Å². The SMILES string of the molecule is COCC(=O)Nc1ccc(N2C(=S)N[C@H](c3ccccn3)[C@@H]2c2cccn2-c2ccc(F)cc2)cc1Cl. The van der Waals surface area contributed by atoms with Crippen LogP contribution in [0.4, 0.5) is 15.8 Å². The van der Waals surface area contributed by atoms with E-state index in [1.807, 2.05) is 52.1 Å². The summed E-state index contributed by atoms with van der Waals surface area (Å²) in [5.41, 5.74) is 3.76. The van der Waals surface area contributed by atoms with E-state index in [9.17, 15) is 9.18 Å². The monoisotopic (exact) mass is 535 g/mol. The van der Waals surface area contributed by atoms with Gasteiger partial charge in [-0.2, -0.15) is 0 Å². The van der Waals surface area contributed by atoms with Gasteiger partial charge >= 0.3 is 0 Å². The lowest BCUT2D eigenvalue weighted by Crippen LogP contribution is -2.30. The zero-order valence-corrected chi connectivity index (χ0v) is 21.3. The van der Waals surface area contributed by atoms with Crippen molar-refractivity contribution >= 4 is 46.2 Å². The molecule has 0 spiro atoms. The zero-order chi connectivity index (χ0) is 25.9. The summed E-state index contributed by atoms with van der Waals surface area (Å²) < 4.78 is 20.5. The summed E-state index contributed by atoms with van der Waals surface area (Å²) >= 11 is 12.4. The first-order chi connectivity index (χ1) is 18.0. The second kappa shape index (κ2) is 10.7. The van der Waals surface area contributed by atoms with Crippen LogP contribution in [-0.2, 0) is 9.53 Å². The quantitative estimate of drug-likeness (QED) is 0.308. The number of hydrogen-bond donors (Lipinski definition) is 2. The third-order valence-corrected chi connectivity index (χ3v) is 6.69. The van der Waals surface area contributed by atoms with Gasteiger partial charge in [-0.3, -0.25) is 9.78 Å². The van der Waals surface area contributed by atoms with Crippen LogP contribution in [0.25, 0.3) is 5.69 Å². The van der Waals surface area contributed by atoms with Crippen molar-refractivity contribution in [3.8, 4) is 5.69 Å². The van der Waals surface area contributed by atoms with Gasteiger partial charge in [-0.15, -0.1) is 0 Å². The number of amides is 1. The molecule has 4 aromatic rings. The average molecular weight is 536 g/mol. The highest BCUT2D eigenvalue weighted by Gasteiger charge is 2.42. The number of anilines is 2. The first kappa shape index (κ1) is 24.9. The minimum atomic E-state index is -0.313. The fraction of sp³-hybridized carbons (Fsp3) is 0.148. The van der Waals surface area contributed by atoms with Crippen molar-refractivity contribution in [2.45, 2.75) is 12.1 Å². The molecule has 1 aliphatic heterocycles. The van der Waals surface area contributed by atoms with Crippen molar-refractivity contribution < 1.29 is 13.9 Å². The molecule has 0 saturated carbocycles. The van der Waals surface area contributed by atoms with E-state index in [1.165, 1.54) is 19.2 Å². The summed E-state index contributed by atoms with van der Waals surface area (Å²) in [5, 5.41) is 7.02. The predicted molar refractivity (Wildman–Crippen MR) is 146 cm³/mol. The largest absolute Gasteiger partial charge is 0.375 e. The molecule has 188 valence electrons. The smallest absolute Gasteiger partial charge is 0.250 e. The second-order valence-electron chi connectivity index (χ2n) is 8.42. The maximum absolute atomic E-state index is 13.6. The number of ether oxygens (including phenoxy) is 1. The molecule has 2 aromatic heterocycles. The van der Waals surface area contributed by atoms with Gasteiger partial charge in [0.05, 0.1) is 22.4 Å². The number of methoxy groups -OCH3 is 1. The Hall–Kier alpha value is -3.79. The molecule has 10 heteroatoms. The Balaban J connectivity index is 1.58. The van der Waals surface area contributed by atoms with Gasteiger partial charge in [-0.1, -0.05) is 17.7 Å². The van der Waals surface area contributed by atoms with Crippen LogP contribution >= 0.6 is 23.8 Å². The van der Waals surface area contributed by atoms with Crippen molar-refractivity contribution in [3.05, 3.63) is 107 Å². The second-order valence-corrected chi connectivity index (χ2v) is 9.22. The minimum Gasteiger partial charge on any atom is -0.375 e. The fourth-order valence-corrected chi connectivity index (χ4v) is 5.05. The van der Waals surface area contributed by atoms with Crippen molar-refractivity contribution in [3.63, 3.8) is 0 Å². The van der Waals surface area contributed by atoms with E-state index in [1.54, 1.807) is 30.5 Å². The molecule has 2 aromatic carbocycles. The van der Waals surface area contributed by atoms with Crippen molar-refractivity contribution in [2.24, 2.45) is 0 Å².